The van der Waals surface area contributed by atoms with Crippen molar-refractivity contribution < 1.29 is 14.2 Å². The third-order valence-corrected chi connectivity index (χ3v) is 4.18. The summed E-state index contributed by atoms with van der Waals surface area (Å²) >= 11 is 12.5. The Balaban J connectivity index is 2.32. The normalized spacial score (nSPS) is 12.5. The fourth-order valence-electron chi connectivity index (χ4n) is 2.38. The summed E-state index contributed by atoms with van der Waals surface area (Å²) in [4.78, 5) is 0. The van der Waals surface area contributed by atoms with Crippen LogP contribution in [0.2, 0.25) is 10.0 Å². The highest BCUT2D eigenvalue weighted by molar-refractivity contribution is 6.36. The number of alkyl halides is 1. The molecule has 0 radical (unpaired) electrons. The molecular formula is C18H19Cl2FO2. The Hall–Kier alpha value is -1.45. The van der Waals surface area contributed by atoms with Gasteiger partial charge in [0.25, 0.3) is 0 Å². The predicted molar refractivity (Wildman–Crippen MR) is 92.7 cm³/mol. The molecule has 5 heteroatoms. The van der Waals surface area contributed by atoms with Crippen LogP contribution in [0, 0.1) is 0 Å². The zero-order chi connectivity index (χ0) is 17.1. The largest absolute Gasteiger partial charge is 0.508 e. The molecule has 0 fully saturated rings. The van der Waals surface area contributed by atoms with E-state index in [4.69, 9.17) is 27.9 Å². The van der Waals surface area contributed by atoms with E-state index in [1.54, 1.807) is 18.2 Å². The molecule has 0 aromatic heterocycles. The number of ether oxygens (including phenoxy) is 1. The number of hydrogen-bond acceptors (Lipinski definition) is 2. The summed E-state index contributed by atoms with van der Waals surface area (Å²) in [6.07, 6.45) is -0.915. The second kappa shape index (κ2) is 7.41. The van der Waals surface area contributed by atoms with Crippen LogP contribution >= 0.6 is 23.2 Å². The number of phenols is 1. The van der Waals surface area contributed by atoms with Crippen LogP contribution in [0.1, 0.15) is 43.4 Å². The summed E-state index contributed by atoms with van der Waals surface area (Å²) in [7, 11) is 0. The van der Waals surface area contributed by atoms with Crippen molar-refractivity contribution in [3.8, 4) is 11.5 Å². The van der Waals surface area contributed by atoms with Gasteiger partial charge in [0.05, 0.1) is 0 Å². The summed E-state index contributed by atoms with van der Waals surface area (Å²) in [6, 6.07) is 8.57. The van der Waals surface area contributed by atoms with Gasteiger partial charge in [0.1, 0.15) is 11.5 Å². The third kappa shape index (κ3) is 4.52. The van der Waals surface area contributed by atoms with E-state index in [2.05, 4.69) is 0 Å². The van der Waals surface area contributed by atoms with E-state index < -0.39 is 6.36 Å². The maximum absolute atomic E-state index is 12.9. The summed E-state index contributed by atoms with van der Waals surface area (Å²) in [5, 5.41) is 10.7. The van der Waals surface area contributed by atoms with Crippen LogP contribution < -0.4 is 4.74 Å². The van der Waals surface area contributed by atoms with E-state index in [0.717, 1.165) is 16.7 Å². The van der Waals surface area contributed by atoms with E-state index in [9.17, 15) is 9.50 Å². The number of hydrogen-bond donors (Lipinski definition) is 1. The summed E-state index contributed by atoms with van der Waals surface area (Å²) in [6.45, 7) is 5.33. The van der Waals surface area contributed by atoms with Crippen LogP contribution in [0.4, 0.5) is 4.39 Å². The van der Waals surface area contributed by atoms with Crippen LogP contribution in [0.15, 0.2) is 30.3 Å². The van der Waals surface area contributed by atoms with Gasteiger partial charge >= 0.3 is 0 Å². The van der Waals surface area contributed by atoms with Crippen molar-refractivity contribution >= 4 is 23.2 Å². The Morgan fingerprint density at radius 2 is 1.70 bits per heavy atom. The fourth-order valence-corrected chi connectivity index (χ4v) is 2.99. The van der Waals surface area contributed by atoms with Gasteiger partial charge in [-0.25, -0.2) is 4.39 Å². The van der Waals surface area contributed by atoms with Crippen molar-refractivity contribution in [3.05, 3.63) is 57.1 Å². The van der Waals surface area contributed by atoms with E-state index in [-0.39, 0.29) is 11.7 Å². The fraction of sp³-hybridized carbons (Fsp3) is 0.333. The lowest BCUT2D eigenvalue weighted by molar-refractivity contribution is 0.0861. The molecule has 1 atom stereocenters. The topological polar surface area (TPSA) is 29.5 Å². The molecule has 0 bridgehead atoms. The highest BCUT2D eigenvalue weighted by Crippen LogP contribution is 2.34. The minimum absolute atomic E-state index is 0.211. The van der Waals surface area contributed by atoms with Gasteiger partial charge < -0.3 is 9.84 Å². The van der Waals surface area contributed by atoms with E-state index in [1.165, 1.54) is 6.92 Å². The van der Waals surface area contributed by atoms with Crippen molar-refractivity contribution in [2.45, 2.75) is 39.5 Å². The first-order chi connectivity index (χ1) is 10.8. The molecule has 1 N–H and O–H groups in total. The monoisotopic (exact) mass is 356 g/mol. The molecule has 23 heavy (non-hydrogen) atoms. The van der Waals surface area contributed by atoms with Crippen LogP contribution in [-0.4, -0.2) is 11.5 Å². The second-order valence-electron chi connectivity index (χ2n) is 5.75. The Morgan fingerprint density at radius 3 is 2.22 bits per heavy atom. The lowest BCUT2D eigenvalue weighted by atomic mass is 9.96. The molecule has 0 spiro atoms. The average molecular weight is 357 g/mol. The molecule has 2 nitrogen and oxygen atoms in total. The molecule has 2 aromatic carbocycles. The summed E-state index contributed by atoms with van der Waals surface area (Å²) in [5.41, 5.74) is 2.61. The molecule has 0 heterocycles. The Kier molecular flexibility index (Phi) is 5.77. The standard InChI is InChI=1S/C18H19Cl2FO2/c1-10(2)14-6-12(4-5-18(14)22)7-15-16(19)8-13(9-17(15)20)23-11(3)21/h4-6,8-11,22H,7H2,1-3H3. The van der Waals surface area contributed by atoms with Crippen LogP contribution in [-0.2, 0) is 6.42 Å². The van der Waals surface area contributed by atoms with E-state index in [0.29, 0.717) is 22.2 Å². The number of halogens is 3. The Morgan fingerprint density at radius 1 is 1.09 bits per heavy atom. The highest BCUT2D eigenvalue weighted by atomic mass is 35.5. The molecule has 0 saturated heterocycles. The minimum atomic E-state index is -1.43. The molecule has 0 aliphatic rings. The smallest absolute Gasteiger partial charge is 0.235 e. The molecule has 2 rings (SSSR count). The molecular weight excluding hydrogens is 338 g/mol. The van der Waals surface area contributed by atoms with Gasteiger partial charge in [0.15, 0.2) is 0 Å². The number of rotatable bonds is 5. The predicted octanol–water partition coefficient (Wildman–Crippen LogP) is 6.11. The Labute approximate surface area is 145 Å². The van der Waals surface area contributed by atoms with Crippen molar-refractivity contribution in [1.82, 2.24) is 0 Å². The number of aromatic hydroxyl groups is 1. The highest BCUT2D eigenvalue weighted by Gasteiger charge is 2.13. The van der Waals surface area contributed by atoms with Crippen molar-refractivity contribution in [2.75, 3.05) is 0 Å². The minimum Gasteiger partial charge on any atom is -0.508 e. The first-order valence-corrected chi connectivity index (χ1v) is 8.14. The lowest BCUT2D eigenvalue weighted by Crippen LogP contribution is -2.04. The van der Waals surface area contributed by atoms with Gasteiger partial charge in [0.2, 0.25) is 6.36 Å². The first kappa shape index (κ1) is 17.9. The summed E-state index contributed by atoms with van der Waals surface area (Å²) < 4.78 is 17.9. The maximum atomic E-state index is 12.9. The lowest BCUT2D eigenvalue weighted by Gasteiger charge is -2.14. The zero-order valence-corrected chi connectivity index (χ0v) is 14.7. The van der Waals surface area contributed by atoms with Crippen LogP contribution in [0.3, 0.4) is 0 Å². The Bertz CT molecular complexity index is 676. The third-order valence-electron chi connectivity index (χ3n) is 3.51. The van der Waals surface area contributed by atoms with Crippen molar-refractivity contribution in [2.24, 2.45) is 0 Å². The SMILES string of the molecule is CC(F)Oc1cc(Cl)c(Cc2ccc(O)c(C(C)C)c2)c(Cl)c1. The molecule has 124 valence electrons. The van der Waals surface area contributed by atoms with Gasteiger partial charge in [-0.1, -0.05) is 49.2 Å². The van der Waals surface area contributed by atoms with Gasteiger partial charge in [-0.2, -0.15) is 0 Å². The van der Waals surface area contributed by atoms with Gasteiger partial charge in [-0.15, -0.1) is 0 Å². The maximum Gasteiger partial charge on any atom is 0.235 e. The van der Waals surface area contributed by atoms with Gasteiger partial charge in [-0.05, 0) is 40.8 Å². The zero-order valence-electron chi connectivity index (χ0n) is 13.2. The van der Waals surface area contributed by atoms with Crippen LogP contribution in [0.5, 0.6) is 11.5 Å². The summed E-state index contributed by atoms with van der Waals surface area (Å²) in [5.74, 6) is 0.789. The molecule has 0 saturated carbocycles. The van der Waals surface area contributed by atoms with E-state index in [1.807, 2.05) is 26.0 Å². The number of benzene rings is 2. The van der Waals surface area contributed by atoms with Crippen molar-refractivity contribution in [3.63, 3.8) is 0 Å². The van der Waals surface area contributed by atoms with Crippen LogP contribution in [0.25, 0.3) is 0 Å². The van der Waals surface area contributed by atoms with Gasteiger partial charge in [-0.3, -0.25) is 0 Å². The molecule has 0 aliphatic heterocycles. The van der Waals surface area contributed by atoms with Gasteiger partial charge in [0, 0.05) is 23.4 Å². The molecule has 2 aromatic rings. The molecule has 1 unspecified atom stereocenters. The molecule has 0 aliphatic carbocycles. The number of phenolic OH excluding ortho intramolecular Hbond substituents is 1. The molecule has 0 amide bonds. The van der Waals surface area contributed by atoms with Crippen molar-refractivity contribution in [1.29, 1.82) is 0 Å². The average Bonchev–Trinajstić information content (AvgIpc) is 2.43. The van der Waals surface area contributed by atoms with E-state index >= 15 is 0 Å². The quantitative estimate of drug-likeness (QED) is 0.700. The first-order valence-electron chi connectivity index (χ1n) is 7.38. The second-order valence-corrected chi connectivity index (χ2v) is 6.57.